The van der Waals surface area contributed by atoms with Crippen molar-refractivity contribution < 1.29 is 24.2 Å². The summed E-state index contributed by atoms with van der Waals surface area (Å²) in [6, 6.07) is 2.16. The number of hydrogen-bond acceptors (Lipinski definition) is 5. The van der Waals surface area contributed by atoms with E-state index in [1.54, 1.807) is 0 Å². The summed E-state index contributed by atoms with van der Waals surface area (Å²) in [7, 11) is 1.14. The monoisotopic (exact) mass is 223 g/mol. The molecule has 16 heavy (non-hydrogen) atoms. The zero-order valence-electron chi connectivity index (χ0n) is 8.68. The van der Waals surface area contributed by atoms with Gasteiger partial charge in [-0.1, -0.05) is 0 Å². The van der Waals surface area contributed by atoms with Crippen molar-refractivity contribution in [2.75, 3.05) is 7.11 Å². The Morgan fingerprint density at radius 3 is 2.25 bits per heavy atom. The normalized spacial score (nSPS) is 9.62. The topological polar surface area (TPSA) is 93.6 Å². The Morgan fingerprint density at radius 2 is 1.81 bits per heavy atom. The zero-order valence-corrected chi connectivity index (χ0v) is 8.68. The highest BCUT2D eigenvalue weighted by molar-refractivity contribution is 5.98. The predicted molar refractivity (Wildman–Crippen MR) is 52.5 cm³/mol. The van der Waals surface area contributed by atoms with Gasteiger partial charge in [0.05, 0.1) is 12.7 Å². The molecule has 0 amide bonds. The van der Waals surface area contributed by atoms with Crippen molar-refractivity contribution in [2.24, 2.45) is 0 Å². The maximum absolute atomic E-state index is 11.2. The average Bonchev–Trinajstić information content (AvgIpc) is 2.27. The highest BCUT2D eigenvalue weighted by Gasteiger charge is 2.15. The molecule has 6 heteroatoms. The molecule has 1 rings (SSSR count). The highest BCUT2D eigenvalue weighted by Crippen LogP contribution is 2.08. The Morgan fingerprint density at radius 1 is 1.25 bits per heavy atom. The molecule has 0 radical (unpaired) electrons. The van der Waals surface area contributed by atoms with E-state index in [-0.39, 0.29) is 17.0 Å². The Balaban J connectivity index is 3.35. The van der Waals surface area contributed by atoms with Crippen LogP contribution in [0.2, 0.25) is 0 Å². The molecule has 84 valence electrons. The van der Waals surface area contributed by atoms with Gasteiger partial charge >= 0.3 is 11.9 Å². The van der Waals surface area contributed by atoms with Crippen LogP contribution in [0.4, 0.5) is 0 Å². The van der Waals surface area contributed by atoms with E-state index in [9.17, 15) is 14.4 Å². The van der Waals surface area contributed by atoms with Gasteiger partial charge in [-0.05, 0) is 12.1 Å². The van der Waals surface area contributed by atoms with Crippen LogP contribution in [0.25, 0.3) is 0 Å². The molecular formula is C10H9NO5. The van der Waals surface area contributed by atoms with Crippen LogP contribution in [0.15, 0.2) is 12.1 Å². The smallest absolute Gasteiger partial charge is 0.356 e. The largest absolute Gasteiger partial charge is 0.478 e. The molecular weight excluding hydrogens is 214 g/mol. The maximum atomic E-state index is 11.2. The quantitative estimate of drug-likeness (QED) is 0.600. The molecule has 0 saturated carbocycles. The summed E-state index contributed by atoms with van der Waals surface area (Å²) in [6.45, 7) is 1.23. The van der Waals surface area contributed by atoms with E-state index in [2.05, 4.69) is 9.72 Å². The highest BCUT2D eigenvalue weighted by atomic mass is 16.5. The Labute approximate surface area is 90.9 Å². The third kappa shape index (κ3) is 2.41. The van der Waals surface area contributed by atoms with E-state index < -0.39 is 17.7 Å². The minimum Gasteiger partial charge on any atom is -0.478 e. The summed E-state index contributed by atoms with van der Waals surface area (Å²) in [6.07, 6.45) is 0. The molecule has 1 aromatic rings. The summed E-state index contributed by atoms with van der Waals surface area (Å²) in [5, 5.41) is 8.78. The lowest BCUT2D eigenvalue weighted by molar-refractivity contribution is 0.0594. The van der Waals surface area contributed by atoms with Gasteiger partial charge in [0, 0.05) is 6.92 Å². The summed E-state index contributed by atoms with van der Waals surface area (Å²) >= 11 is 0. The van der Waals surface area contributed by atoms with Crippen molar-refractivity contribution in [3.8, 4) is 0 Å². The van der Waals surface area contributed by atoms with Crippen LogP contribution in [-0.2, 0) is 4.74 Å². The summed E-state index contributed by atoms with van der Waals surface area (Å²) in [5.74, 6) is -2.45. The second kappa shape index (κ2) is 4.52. The number of carboxylic acids is 1. The summed E-state index contributed by atoms with van der Waals surface area (Å²) < 4.78 is 4.40. The van der Waals surface area contributed by atoms with Crippen LogP contribution >= 0.6 is 0 Å². The van der Waals surface area contributed by atoms with E-state index in [0.29, 0.717) is 0 Å². The van der Waals surface area contributed by atoms with E-state index in [0.717, 1.165) is 19.2 Å². The van der Waals surface area contributed by atoms with Crippen molar-refractivity contribution in [2.45, 2.75) is 6.92 Å². The average molecular weight is 223 g/mol. The molecule has 0 aromatic carbocycles. The van der Waals surface area contributed by atoms with Crippen molar-refractivity contribution in [1.82, 2.24) is 4.98 Å². The first kappa shape index (κ1) is 11.8. The third-order valence-corrected chi connectivity index (χ3v) is 1.83. The van der Waals surface area contributed by atoms with Gasteiger partial charge in [-0.3, -0.25) is 4.79 Å². The lowest BCUT2D eigenvalue weighted by Crippen LogP contribution is -2.11. The van der Waals surface area contributed by atoms with Crippen LogP contribution in [0.3, 0.4) is 0 Å². The fourth-order valence-corrected chi connectivity index (χ4v) is 1.04. The van der Waals surface area contributed by atoms with Gasteiger partial charge in [-0.15, -0.1) is 0 Å². The fourth-order valence-electron chi connectivity index (χ4n) is 1.04. The van der Waals surface area contributed by atoms with Gasteiger partial charge in [0.2, 0.25) is 0 Å². The van der Waals surface area contributed by atoms with Crippen LogP contribution in [0.1, 0.15) is 38.3 Å². The molecule has 0 aliphatic heterocycles. The Kier molecular flexibility index (Phi) is 3.34. The number of methoxy groups -OCH3 is 1. The molecule has 1 N–H and O–H groups in total. The first-order valence-electron chi connectivity index (χ1n) is 4.30. The van der Waals surface area contributed by atoms with Crippen LogP contribution in [-0.4, -0.2) is 34.9 Å². The van der Waals surface area contributed by atoms with Crippen molar-refractivity contribution in [3.63, 3.8) is 0 Å². The zero-order chi connectivity index (χ0) is 12.3. The number of rotatable bonds is 3. The van der Waals surface area contributed by atoms with Crippen LogP contribution in [0.5, 0.6) is 0 Å². The first-order valence-corrected chi connectivity index (χ1v) is 4.30. The number of carboxylic acid groups (broad SMARTS) is 1. The number of ether oxygens (including phenoxy) is 1. The SMILES string of the molecule is COC(=O)c1cc(C(=O)O)cc(C(C)=O)n1. The van der Waals surface area contributed by atoms with Gasteiger partial charge in [-0.25, -0.2) is 14.6 Å². The van der Waals surface area contributed by atoms with E-state index in [1.165, 1.54) is 6.92 Å². The molecule has 0 bridgehead atoms. The molecule has 1 aromatic heterocycles. The number of pyridine rings is 1. The number of ketones is 1. The second-order valence-corrected chi connectivity index (χ2v) is 2.98. The molecule has 6 nitrogen and oxygen atoms in total. The van der Waals surface area contributed by atoms with Crippen LogP contribution in [0, 0.1) is 0 Å². The molecule has 0 fully saturated rings. The number of carbonyl (C=O) groups is 3. The van der Waals surface area contributed by atoms with Crippen molar-refractivity contribution >= 4 is 17.7 Å². The van der Waals surface area contributed by atoms with Gasteiger partial charge in [0.15, 0.2) is 5.78 Å². The maximum Gasteiger partial charge on any atom is 0.356 e. The van der Waals surface area contributed by atoms with E-state index in [4.69, 9.17) is 5.11 Å². The number of Topliss-reactive ketones (excluding diaryl/α,β-unsaturated/α-hetero) is 1. The van der Waals surface area contributed by atoms with Gasteiger partial charge < -0.3 is 9.84 Å². The minimum absolute atomic E-state index is 0.0831. The third-order valence-electron chi connectivity index (χ3n) is 1.83. The second-order valence-electron chi connectivity index (χ2n) is 2.98. The molecule has 0 aliphatic rings. The standard InChI is InChI=1S/C10H9NO5/c1-5(12)7-3-6(9(13)14)4-8(11-7)10(15)16-2/h3-4H,1-2H3,(H,13,14). The number of carbonyl (C=O) groups excluding carboxylic acids is 2. The van der Waals surface area contributed by atoms with Crippen molar-refractivity contribution in [3.05, 3.63) is 29.1 Å². The lowest BCUT2D eigenvalue weighted by atomic mass is 10.1. The molecule has 0 atom stereocenters. The van der Waals surface area contributed by atoms with E-state index >= 15 is 0 Å². The molecule has 0 aliphatic carbocycles. The van der Waals surface area contributed by atoms with Gasteiger partial charge in [-0.2, -0.15) is 0 Å². The minimum atomic E-state index is -1.24. The van der Waals surface area contributed by atoms with Crippen LogP contribution < -0.4 is 0 Å². The van der Waals surface area contributed by atoms with Gasteiger partial charge in [0.25, 0.3) is 0 Å². The predicted octanol–water partition coefficient (Wildman–Crippen LogP) is 0.769. The van der Waals surface area contributed by atoms with E-state index in [1.807, 2.05) is 0 Å². The molecule has 0 saturated heterocycles. The van der Waals surface area contributed by atoms with Gasteiger partial charge in [0.1, 0.15) is 11.4 Å². The molecule has 0 unspecified atom stereocenters. The van der Waals surface area contributed by atoms with Crippen molar-refractivity contribution in [1.29, 1.82) is 0 Å². The number of nitrogens with zero attached hydrogens (tertiary/aromatic N) is 1. The fraction of sp³-hybridized carbons (Fsp3) is 0.200. The lowest BCUT2D eigenvalue weighted by Gasteiger charge is -2.03. The summed E-state index contributed by atoms with van der Waals surface area (Å²) in [5.41, 5.74) is -0.464. The summed E-state index contributed by atoms with van der Waals surface area (Å²) in [4.78, 5) is 36.7. The Bertz CT molecular complexity index is 434. The molecule has 1 heterocycles. The molecule has 0 spiro atoms. The number of esters is 1. The number of aromatic carboxylic acids is 1. The first-order chi connectivity index (χ1) is 7.45. The Hall–Kier alpha value is -2.24. The number of aromatic nitrogens is 1. The number of hydrogen-bond donors (Lipinski definition) is 1.